The standard InChI is InChI=1S/C18H28N2O3/c1-13-5-2-6-14(11-13)19-18(22)20-9-3-7-15(20)12-16(21)17-8-4-10-23-17/h4,8,10,13-16,21H,2-3,5-7,9,11-12H2,1H3,(H,19,22). The number of carbonyl (C=O) groups is 1. The summed E-state index contributed by atoms with van der Waals surface area (Å²) in [5.74, 6) is 1.28. The van der Waals surface area contributed by atoms with Crippen molar-refractivity contribution in [1.82, 2.24) is 10.2 Å². The maximum absolute atomic E-state index is 12.6. The van der Waals surface area contributed by atoms with Crippen LogP contribution in [0.3, 0.4) is 0 Å². The van der Waals surface area contributed by atoms with Gasteiger partial charge in [0.25, 0.3) is 0 Å². The largest absolute Gasteiger partial charge is 0.467 e. The lowest BCUT2D eigenvalue weighted by Gasteiger charge is -2.32. The van der Waals surface area contributed by atoms with E-state index in [4.69, 9.17) is 4.42 Å². The molecule has 128 valence electrons. The van der Waals surface area contributed by atoms with E-state index in [1.165, 1.54) is 12.8 Å². The van der Waals surface area contributed by atoms with E-state index in [1.54, 1.807) is 18.4 Å². The molecule has 1 saturated heterocycles. The molecule has 2 N–H and O–H groups in total. The predicted molar refractivity (Wildman–Crippen MR) is 88.0 cm³/mol. The normalized spacial score (nSPS) is 29.5. The van der Waals surface area contributed by atoms with Crippen LogP contribution in [-0.2, 0) is 0 Å². The van der Waals surface area contributed by atoms with E-state index in [9.17, 15) is 9.90 Å². The molecule has 1 aliphatic carbocycles. The molecule has 0 bridgehead atoms. The van der Waals surface area contributed by atoms with Gasteiger partial charge >= 0.3 is 6.03 Å². The first-order chi connectivity index (χ1) is 11.1. The van der Waals surface area contributed by atoms with Crippen molar-refractivity contribution in [3.63, 3.8) is 0 Å². The van der Waals surface area contributed by atoms with Gasteiger partial charge in [0.2, 0.25) is 0 Å². The van der Waals surface area contributed by atoms with Crippen molar-refractivity contribution in [1.29, 1.82) is 0 Å². The lowest BCUT2D eigenvalue weighted by Crippen LogP contribution is -2.48. The minimum atomic E-state index is -0.641. The summed E-state index contributed by atoms with van der Waals surface area (Å²) in [6.45, 7) is 3.04. The zero-order valence-corrected chi connectivity index (χ0v) is 13.9. The Balaban J connectivity index is 1.54. The van der Waals surface area contributed by atoms with Crippen molar-refractivity contribution in [3.05, 3.63) is 24.2 Å². The van der Waals surface area contributed by atoms with Crippen LogP contribution in [0, 0.1) is 5.92 Å². The van der Waals surface area contributed by atoms with E-state index in [1.807, 2.05) is 4.90 Å². The number of amides is 2. The fourth-order valence-electron chi connectivity index (χ4n) is 4.03. The van der Waals surface area contributed by atoms with E-state index in [0.717, 1.165) is 32.2 Å². The number of hydrogen-bond donors (Lipinski definition) is 2. The van der Waals surface area contributed by atoms with E-state index < -0.39 is 6.10 Å². The van der Waals surface area contributed by atoms with Crippen molar-refractivity contribution in [2.75, 3.05) is 6.54 Å². The minimum absolute atomic E-state index is 0.0400. The van der Waals surface area contributed by atoms with Crippen LogP contribution in [0.5, 0.6) is 0 Å². The number of urea groups is 1. The minimum Gasteiger partial charge on any atom is -0.467 e. The average Bonchev–Trinajstić information content (AvgIpc) is 3.18. The van der Waals surface area contributed by atoms with Gasteiger partial charge in [0.15, 0.2) is 0 Å². The molecule has 3 rings (SSSR count). The number of carbonyl (C=O) groups excluding carboxylic acids is 1. The molecular weight excluding hydrogens is 292 g/mol. The Labute approximate surface area is 138 Å². The lowest BCUT2D eigenvalue weighted by atomic mass is 9.87. The summed E-state index contributed by atoms with van der Waals surface area (Å²) in [5, 5.41) is 13.5. The van der Waals surface area contributed by atoms with Gasteiger partial charge in [-0.25, -0.2) is 4.79 Å². The molecule has 0 radical (unpaired) electrons. The van der Waals surface area contributed by atoms with E-state index in [-0.39, 0.29) is 12.1 Å². The van der Waals surface area contributed by atoms with Gasteiger partial charge in [-0.15, -0.1) is 0 Å². The first-order valence-electron chi connectivity index (χ1n) is 8.92. The summed E-state index contributed by atoms with van der Waals surface area (Å²) >= 11 is 0. The summed E-state index contributed by atoms with van der Waals surface area (Å²) in [7, 11) is 0. The van der Waals surface area contributed by atoms with E-state index in [0.29, 0.717) is 24.1 Å². The van der Waals surface area contributed by atoms with Crippen LogP contribution in [0.2, 0.25) is 0 Å². The Morgan fingerprint density at radius 2 is 2.30 bits per heavy atom. The van der Waals surface area contributed by atoms with Gasteiger partial charge in [0.05, 0.1) is 6.26 Å². The maximum Gasteiger partial charge on any atom is 0.317 e. The second-order valence-corrected chi connectivity index (χ2v) is 7.17. The molecule has 2 fully saturated rings. The number of nitrogens with one attached hydrogen (secondary N) is 1. The number of furan rings is 1. The molecule has 2 aliphatic rings. The second kappa shape index (κ2) is 7.39. The molecule has 4 atom stereocenters. The summed E-state index contributed by atoms with van der Waals surface area (Å²) in [5.41, 5.74) is 0. The number of aliphatic hydroxyl groups is 1. The Morgan fingerprint density at radius 1 is 1.43 bits per heavy atom. The molecule has 1 saturated carbocycles. The summed E-state index contributed by atoms with van der Waals surface area (Å²) in [4.78, 5) is 14.5. The molecule has 0 spiro atoms. The van der Waals surface area contributed by atoms with Crippen LogP contribution in [0.1, 0.15) is 63.7 Å². The highest BCUT2D eigenvalue weighted by Gasteiger charge is 2.32. The molecule has 23 heavy (non-hydrogen) atoms. The van der Waals surface area contributed by atoms with Crippen molar-refractivity contribution in [2.24, 2.45) is 5.92 Å². The van der Waals surface area contributed by atoms with E-state index >= 15 is 0 Å². The molecule has 5 heteroatoms. The van der Waals surface area contributed by atoms with Crippen LogP contribution >= 0.6 is 0 Å². The first kappa shape index (κ1) is 16.4. The quantitative estimate of drug-likeness (QED) is 0.893. The molecule has 5 nitrogen and oxygen atoms in total. The monoisotopic (exact) mass is 320 g/mol. The highest BCUT2D eigenvalue weighted by Crippen LogP contribution is 2.28. The smallest absolute Gasteiger partial charge is 0.317 e. The number of aliphatic hydroxyl groups excluding tert-OH is 1. The topological polar surface area (TPSA) is 65.7 Å². The Bertz CT molecular complexity index is 502. The third-order valence-corrected chi connectivity index (χ3v) is 5.27. The van der Waals surface area contributed by atoms with Crippen LogP contribution in [0.25, 0.3) is 0 Å². The zero-order chi connectivity index (χ0) is 16.2. The van der Waals surface area contributed by atoms with Crippen LogP contribution in [0.4, 0.5) is 4.79 Å². The Kier molecular flexibility index (Phi) is 5.26. The fourth-order valence-corrected chi connectivity index (χ4v) is 4.03. The molecule has 2 amide bonds. The van der Waals surface area contributed by atoms with Gasteiger partial charge in [-0.3, -0.25) is 0 Å². The number of nitrogens with zero attached hydrogens (tertiary/aromatic N) is 1. The third-order valence-electron chi connectivity index (χ3n) is 5.27. The Hall–Kier alpha value is -1.49. The highest BCUT2D eigenvalue weighted by molar-refractivity contribution is 5.75. The molecule has 4 unspecified atom stereocenters. The van der Waals surface area contributed by atoms with Crippen LogP contribution in [-0.4, -0.2) is 34.7 Å². The summed E-state index contributed by atoms with van der Waals surface area (Å²) < 4.78 is 5.27. The van der Waals surface area contributed by atoms with Crippen molar-refractivity contribution < 1.29 is 14.3 Å². The molecule has 1 aromatic rings. The highest BCUT2D eigenvalue weighted by atomic mass is 16.4. The molecule has 2 heterocycles. The van der Waals surface area contributed by atoms with Crippen LogP contribution < -0.4 is 5.32 Å². The molecule has 0 aromatic carbocycles. The summed E-state index contributed by atoms with van der Waals surface area (Å²) in [6.07, 6.45) is 8.07. The van der Waals surface area contributed by atoms with E-state index in [2.05, 4.69) is 12.2 Å². The average molecular weight is 320 g/mol. The van der Waals surface area contributed by atoms with Gasteiger partial charge in [0, 0.05) is 25.0 Å². The second-order valence-electron chi connectivity index (χ2n) is 7.17. The predicted octanol–water partition coefficient (Wildman–Crippen LogP) is 3.46. The number of rotatable bonds is 4. The number of hydrogen-bond acceptors (Lipinski definition) is 3. The van der Waals surface area contributed by atoms with Gasteiger partial charge in [0.1, 0.15) is 11.9 Å². The Morgan fingerprint density at radius 3 is 3.04 bits per heavy atom. The van der Waals surface area contributed by atoms with Crippen molar-refractivity contribution >= 4 is 6.03 Å². The van der Waals surface area contributed by atoms with Crippen molar-refractivity contribution in [2.45, 2.75) is 70.1 Å². The maximum atomic E-state index is 12.6. The van der Waals surface area contributed by atoms with Crippen LogP contribution in [0.15, 0.2) is 22.8 Å². The van der Waals surface area contributed by atoms with Gasteiger partial charge in [-0.05, 0) is 43.7 Å². The fraction of sp³-hybridized carbons (Fsp3) is 0.722. The van der Waals surface area contributed by atoms with Gasteiger partial charge in [-0.1, -0.05) is 19.8 Å². The summed E-state index contributed by atoms with van der Waals surface area (Å²) in [6, 6.07) is 4.01. The molecular formula is C18H28N2O3. The van der Waals surface area contributed by atoms with Gasteiger partial charge < -0.3 is 19.7 Å². The molecule has 1 aliphatic heterocycles. The first-order valence-corrected chi connectivity index (χ1v) is 8.92. The zero-order valence-electron chi connectivity index (χ0n) is 13.9. The lowest BCUT2D eigenvalue weighted by molar-refractivity contribution is 0.106. The molecule has 1 aromatic heterocycles. The third kappa shape index (κ3) is 4.08. The van der Waals surface area contributed by atoms with Crippen molar-refractivity contribution in [3.8, 4) is 0 Å². The SMILES string of the molecule is CC1CCCC(NC(=O)N2CCCC2CC(O)c2ccco2)C1. The van der Waals surface area contributed by atoms with Gasteiger partial charge in [-0.2, -0.15) is 0 Å². The number of likely N-dealkylation sites (tertiary alicyclic amines) is 1.